The van der Waals surface area contributed by atoms with Crippen LogP contribution in [0.1, 0.15) is 51.2 Å². The van der Waals surface area contributed by atoms with Gasteiger partial charge in [-0.1, -0.05) is 36.7 Å². The third-order valence-electron chi connectivity index (χ3n) is 6.22. The summed E-state index contributed by atoms with van der Waals surface area (Å²) in [5.74, 6) is 0.396. The van der Waals surface area contributed by atoms with Crippen LogP contribution < -0.4 is 4.90 Å². The molecule has 1 fully saturated rings. The first kappa shape index (κ1) is 22.0. The SMILES string of the molecule is CCN1C(=O)/C(=C/c2cc3c(cc2Cl)N(C)C(C)(C)C[C@H]3C)SC1=Nc1ccccc1. The Balaban J connectivity index is 1.71. The quantitative estimate of drug-likeness (QED) is 0.486. The number of nitrogens with zero attached hydrogens (tertiary/aromatic N) is 3. The van der Waals surface area contributed by atoms with Crippen LogP contribution in [0.2, 0.25) is 5.02 Å². The van der Waals surface area contributed by atoms with E-state index in [0.717, 1.165) is 17.7 Å². The van der Waals surface area contributed by atoms with Gasteiger partial charge < -0.3 is 4.90 Å². The molecule has 0 N–H and O–H groups in total. The molecular weight excluding hydrogens is 426 g/mol. The van der Waals surface area contributed by atoms with Crippen LogP contribution in [0.25, 0.3) is 6.08 Å². The summed E-state index contributed by atoms with van der Waals surface area (Å²) in [6, 6.07) is 13.9. The fraction of sp³-hybridized carbons (Fsp3) is 0.360. The zero-order valence-corrected chi connectivity index (χ0v) is 20.2. The number of benzene rings is 2. The van der Waals surface area contributed by atoms with E-state index in [1.807, 2.05) is 49.4 Å². The van der Waals surface area contributed by atoms with Gasteiger partial charge in [0.2, 0.25) is 0 Å². The van der Waals surface area contributed by atoms with Crippen molar-refractivity contribution in [3.63, 3.8) is 0 Å². The molecule has 31 heavy (non-hydrogen) atoms. The van der Waals surface area contributed by atoms with E-state index in [-0.39, 0.29) is 11.4 Å². The molecule has 0 radical (unpaired) electrons. The summed E-state index contributed by atoms with van der Waals surface area (Å²) in [7, 11) is 2.13. The van der Waals surface area contributed by atoms with Crippen molar-refractivity contribution in [2.45, 2.75) is 45.6 Å². The number of para-hydroxylation sites is 1. The molecule has 0 aliphatic carbocycles. The normalized spacial score (nSPS) is 23.0. The molecule has 2 aliphatic rings. The second-order valence-electron chi connectivity index (χ2n) is 8.80. The smallest absolute Gasteiger partial charge is 0.266 e. The van der Waals surface area contributed by atoms with Gasteiger partial charge in [-0.15, -0.1) is 0 Å². The summed E-state index contributed by atoms with van der Waals surface area (Å²) in [5.41, 5.74) is 4.25. The van der Waals surface area contributed by atoms with Gasteiger partial charge in [-0.25, -0.2) is 4.99 Å². The summed E-state index contributed by atoms with van der Waals surface area (Å²) in [6.45, 7) is 9.32. The Kier molecular flexibility index (Phi) is 5.93. The highest BCUT2D eigenvalue weighted by atomic mass is 35.5. The van der Waals surface area contributed by atoms with E-state index in [0.29, 0.717) is 27.6 Å². The van der Waals surface area contributed by atoms with E-state index in [2.05, 4.69) is 43.8 Å². The lowest BCUT2D eigenvalue weighted by atomic mass is 9.80. The van der Waals surface area contributed by atoms with Crippen molar-refractivity contribution in [2.75, 3.05) is 18.5 Å². The first-order valence-electron chi connectivity index (χ1n) is 10.6. The Morgan fingerprint density at radius 2 is 1.97 bits per heavy atom. The first-order valence-corrected chi connectivity index (χ1v) is 11.8. The number of aliphatic imine (C=N–C) groups is 1. The molecule has 0 aromatic heterocycles. The number of thioether (sulfide) groups is 1. The highest BCUT2D eigenvalue weighted by molar-refractivity contribution is 8.18. The number of amidine groups is 1. The summed E-state index contributed by atoms with van der Waals surface area (Å²) in [4.78, 5) is 22.4. The molecule has 2 aromatic rings. The molecule has 1 saturated heterocycles. The maximum Gasteiger partial charge on any atom is 0.266 e. The number of carbonyl (C=O) groups is 1. The second-order valence-corrected chi connectivity index (χ2v) is 10.2. The Hall–Kier alpha value is -2.24. The molecule has 6 heteroatoms. The summed E-state index contributed by atoms with van der Waals surface area (Å²) < 4.78 is 0. The number of carbonyl (C=O) groups excluding carboxylic acids is 1. The van der Waals surface area contributed by atoms with Crippen molar-refractivity contribution in [1.29, 1.82) is 0 Å². The third-order valence-corrected chi connectivity index (χ3v) is 7.56. The minimum Gasteiger partial charge on any atom is -0.369 e. The van der Waals surface area contributed by atoms with Gasteiger partial charge in [0.1, 0.15) is 0 Å². The summed E-state index contributed by atoms with van der Waals surface area (Å²) in [6.07, 6.45) is 2.98. The van der Waals surface area contributed by atoms with Crippen molar-refractivity contribution >= 4 is 51.9 Å². The Bertz CT molecular complexity index is 1080. The van der Waals surface area contributed by atoms with Gasteiger partial charge in [0.25, 0.3) is 5.91 Å². The molecule has 0 unspecified atom stereocenters. The van der Waals surface area contributed by atoms with Crippen molar-refractivity contribution in [3.8, 4) is 0 Å². The fourth-order valence-corrected chi connectivity index (χ4v) is 5.61. The predicted octanol–water partition coefficient (Wildman–Crippen LogP) is 6.69. The molecule has 1 atom stereocenters. The number of hydrogen-bond acceptors (Lipinski definition) is 4. The second kappa shape index (κ2) is 8.36. The number of hydrogen-bond donors (Lipinski definition) is 0. The minimum absolute atomic E-state index is 0.0257. The summed E-state index contributed by atoms with van der Waals surface area (Å²) >= 11 is 8.10. The molecule has 0 saturated carbocycles. The highest BCUT2D eigenvalue weighted by Crippen LogP contribution is 2.45. The average molecular weight is 454 g/mol. The molecule has 4 rings (SSSR count). The number of anilines is 1. The molecule has 0 spiro atoms. The van der Waals surface area contributed by atoms with Crippen LogP contribution in [0.15, 0.2) is 52.4 Å². The van der Waals surface area contributed by atoms with Crippen LogP contribution in [0.4, 0.5) is 11.4 Å². The van der Waals surface area contributed by atoms with E-state index >= 15 is 0 Å². The van der Waals surface area contributed by atoms with Crippen LogP contribution >= 0.6 is 23.4 Å². The number of rotatable bonds is 3. The largest absolute Gasteiger partial charge is 0.369 e. The van der Waals surface area contributed by atoms with Crippen LogP contribution in [0, 0.1) is 0 Å². The van der Waals surface area contributed by atoms with Crippen molar-refractivity contribution in [1.82, 2.24) is 4.90 Å². The van der Waals surface area contributed by atoms with Gasteiger partial charge in [0, 0.05) is 29.8 Å². The molecule has 162 valence electrons. The number of amides is 1. The van der Waals surface area contributed by atoms with Gasteiger partial charge in [-0.3, -0.25) is 9.69 Å². The number of likely N-dealkylation sites (N-methyl/N-ethyl adjacent to an activating group) is 1. The minimum atomic E-state index is -0.0257. The molecule has 0 bridgehead atoms. The molecule has 2 heterocycles. The van der Waals surface area contributed by atoms with Crippen molar-refractivity contribution < 1.29 is 4.79 Å². The van der Waals surface area contributed by atoms with Gasteiger partial charge in [0.15, 0.2) is 5.17 Å². The molecule has 1 amide bonds. The van der Waals surface area contributed by atoms with E-state index in [1.165, 1.54) is 23.0 Å². The maximum atomic E-state index is 13.0. The lowest BCUT2D eigenvalue weighted by Gasteiger charge is -2.45. The number of halogens is 1. The summed E-state index contributed by atoms with van der Waals surface area (Å²) in [5, 5.41) is 1.36. The Morgan fingerprint density at radius 3 is 2.65 bits per heavy atom. The monoisotopic (exact) mass is 453 g/mol. The van der Waals surface area contributed by atoms with E-state index < -0.39 is 0 Å². The fourth-order valence-electron chi connectivity index (χ4n) is 4.34. The maximum absolute atomic E-state index is 13.0. The van der Waals surface area contributed by atoms with Crippen molar-refractivity contribution in [3.05, 3.63) is 63.5 Å². The molecule has 2 aliphatic heterocycles. The van der Waals surface area contributed by atoms with Crippen LogP contribution in [-0.4, -0.2) is 35.1 Å². The Labute approximate surface area is 194 Å². The molecule has 4 nitrogen and oxygen atoms in total. The van der Waals surface area contributed by atoms with E-state index in [1.54, 1.807) is 4.90 Å². The number of fused-ring (bicyclic) bond motifs is 1. The van der Waals surface area contributed by atoms with Crippen LogP contribution in [0.3, 0.4) is 0 Å². The Morgan fingerprint density at radius 1 is 1.26 bits per heavy atom. The third kappa shape index (κ3) is 4.13. The van der Waals surface area contributed by atoms with Crippen LogP contribution in [0.5, 0.6) is 0 Å². The molecular formula is C25H28ClN3OS. The standard InChI is InChI=1S/C25H28ClN3OS/c1-6-29-23(30)22(31-24(29)27-18-10-8-7-9-11-18)13-17-12-19-16(2)15-25(3,4)28(5)21(19)14-20(17)26/h7-14,16H,6,15H2,1-5H3/b22-13-,27-24?/t16-/m1/s1. The van der Waals surface area contributed by atoms with Gasteiger partial charge in [-0.2, -0.15) is 0 Å². The van der Waals surface area contributed by atoms with Gasteiger partial charge in [-0.05, 0) is 86.3 Å². The van der Waals surface area contributed by atoms with E-state index in [4.69, 9.17) is 11.6 Å². The highest BCUT2D eigenvalue weighted by Gasteiger charge is 2.35. The lowest BCUT2D eigenvalue weighted by Crippen LogP contribution is -2.45. The average Bonchev–Trinajstić information content (AvgIpc) is 3.02. The van der Waals surface area contributed by atoms with E-state index in [9.17, 15) is 4.79 Å². The lowest BCUT2D eigenvalue weighted by molar-refractivity contribution is -0.122. The molecule has 2 aromatic carbocycles. The van der Waals surface area contributed by atoms with Gasteiger partial charge in [0.05, 0.1) is 10.6 Å². The topological polar surface area (TPSA) is 35.9 Å². The zero-order chi connectivity index (χ0) is 22.3. The zero-order valence-electron chi connectivity index (χ0n) is 18.6. The van der Waals surface area contributed by atoms with Crippen LogP contribution in [-0.2, 0) is 4.79 Å². The van der Waals surface area contributed by atoms with Crippen molar-refractivity contribution in [2.24, 2.45) is 4.99 Å². The van der Waals surface area contributed by atoms with Gasteiger partial charge >= 0.3 is 0 Å². The predicted molar refractivity (Wildman–Crippen MR) is 133 cm³/mol. The first-order chi connectivity index (χ1) is 14.7.